The zero-order valence-electron chi connectivity index (χ0n) is 9.57. The van der Waals surface area contributed by atoms with Gasteiger partial charge in [0.15, 0.2) is 5.78 Å². The van der Waals surface area contributed by atoms with Crippen LogP contribution in [0.1, 0.15) is 15.9 Å². The first-order chi connectivity index (χ1) is 8.60. The van der Waals surface area contributed by atoms with Crippen molar-refractivity contribution in [1.82, 2.24) is 0 Å². The first-order valence-electron chi connectivity index (χ1n) is 5.20. The molecule has 5 heteroatoms. The number of benzene rings is 1. The van der Waals surface area contributed by atoms with Gasteiger partial charge in [0.05, 0.1) is 9.99 Å². The second-order valence-corrected chi connectivity index (χ2v) is 6.94. The number of rotatable bonds is 4. The van der Waals surface area contributed by atoms with Crippen molar-refractivity contribution in [3.8, 4) is 5.75 Å². The van der Waals surface area contributed by atoms with Crippen molar-refractivity contribution in [1.29, 1.82) is 0 Å². The van der Waals surface area contributed by atoms with Gasteiger partial charge in [-0.25, -0.2) is 0 Å². The minimum absolute atomic E-state index is 0.0785. The van der Waals surface area contributed by atoms with E-state index >= 15 is 0 Å². The van der Waals surface area contributed by atoms with E-state index in [2.05, 4.69) is 22.6 Å². The van der Waals surface area contributed by atoms with Crippen molar-refractivity contribution in [3.05, 3.63) is 48.7 Å². The average Bonchev–Trinajstić information content (AvgIpc) is 2.76. The van der Waals surface area contributed by atoms with Crippen LogP contribution in [0, 0.1) is 2.88 Å². The van der Waals surface area contributed by atoms with Gasteiger partial charge < -0.3 is 4.74 Å². The summed E-state index contributed by atoms with van der Waals surface area (Å²) in [4.78, 5) is 12.1. The second kappa shape index (κ2) is 6.04. The molecule has 1 aromatic carbocycles. The molecule has 0 atom stereocenters. The molecular weight excluding hydrogens is 383 g/mol. The fourth-order valence-electron chi connectivity index (χ4n) is 1.62. The summed E-state index contributed by atoms with van der Waals surface area (Å²) in [5.74, 6) is 0.771. The number of thiophene rings is 1. The lowest BCUT2D eigenvalue weighted by Crippen LogP contribution is -2.03. The minimum Gasteiger partial charge on any atom is -0.496 e. The Hall–Kier alpha value is -0.590. The van der Waals surface area contributed by atoms with Crippen LogP contribution in [0.5, 0.6) is 5.75 Å². The third-order valence-corrected chi connectivity index (χ3v) is 4.51. The quantitative estimate of drug-likeness (QED) is 0.568. The van der Waals surface area contributed by atoms with Crippen LogP contribution in [-0.4, -0.2) is 12.9 Å². The summed E-state index contributed by atoms with van der Waals surface area (Å²) in [6.45, 7) is 0. The molecule has 0 saturated carbocycles. The van der Waals surface area contributed by atoms with E-state index in [1.54, 1.807) is 36.6 Å². The van der Waals surface area contributed by atoms with Gasteiger partial charge in [-0.3, -0.25) is 4.79 Å². The highest BCUT2D eigenvalue weighted by molar-refractivity contribution is 14.1. The smallest absolute Gasteiger partial charge is 0.168 e. The second-order valence-electron chi connectivity index (χ2n) is 3.70. The molecule has 0 fully saturated rings. The fraction of sp³-hybridized carbons (Fsp3) is 0.154. The number of halogens is 2. The molecule has 2 nitrogen and oxygen atoms in total. The van der Waals surface area contributed by atoms with Crippen molar-refractivity contribution >= 4 is 51.3 Å². The molecule has 94 valence electrons. The Morgan fingerprint density at radius 2 is 2.22 bits per heavy atom. The first kappa shape index (κ1) is 13.8. The molecular formula is C13H10ClIO2S. The highest BCUT2D eigenvalue weighted by atomic mass is 127. The number of hydrogen-bond acceptors (Lipinski definition) is 3. The van der Waals surface area contributed by atoms with Gasteiger partial charge in [0.25, 0.3) is 0 Å². The maximum absolute atomic E-state index is 12.1. The number of ether oxygens (including phenoxy) is 1. The normalized spacial score (nSPS) is 10.4. The van der Waals surface area contributed by atoms with Crippen LogP contribution in [0.4, 0.5) is 0 Å². The summed E-state index contributed by atoms with van der Waals surface area (Å²) < 4.78 is 6.34. The van der Waals surface area contributed by atoms with Crippen LogP contribution in [-0.2, 0) is 6.42 Å². The molecule has 0 aliphatic carbocycles. The molecule has 18 heavy (non-hydrogen) atoms. The predicted octanol–water partition coefficient (Wildman–Crippen LogP) is 4.44. The van der Waals surface area contributed by atoms with Gasteiger partial charge in [-0.2, -0.15) is 0 Å². The van der Waals surface area contributed by atoms with Gasteiger partial charge in [-0.1, -0.05) is 11.6 Å². The molecule has 0 radical (unpaired) electrons. The number of carbonyl (C=O) groups excluding carboxylic acids is 1. The van der Waals surface area contributed by atoms with Crippen LogP contribution in [0.25, 0.3) is 0 Å². The van der Waals surface area contributed by atoms with Crippen LogP contribution < -0.4 is 4.74 Å². The molecule has 2 aromatic rings. The molecule has 0 spiro atoms. The Labute approximate surface area is 128 Å². The van der Waals surface area contributed by atoms with Crippen molar-refractivity contribution in [2.75, 3.05) is 7.11 Å². The zero-order valence-corrected chi connectivity index (χ0v) is 13.3. The molecule has 0 saturated heterocycles. The summed E-state index contributed by atoms with van der Waals surface area (Å²) in [5, 5.41) is 2.49. The lowest BCUT2D eigenvalue weighted by atomic mass is 10.0. The molecule has 0 unspecified atom stereocenters. The number of ketones is 1. The van der Waals surface area contributed by atoms with Crippen LogP contribution in [0.15, 0.2) is 29.6 Å². The van der Waals surface area contributed by atoms with E-state index in [-0.39, 0.29) is 5.78 Å². The lowest BCUT2D eigenvalue weighted by Gasteiger charge is -2.07. The van der Waals surface area contributed by atoms with Crippen molar-refractivity contribution in [2.24, 2.45) is 0 Å². The van der Waals surface area contributed by atoms with E-state index in [1.807, 2.05) is 11.4 Å². The highest BCUT2D eigenvalue weighted by Gasteiger charge is 2.12. The van der Waals surface area contributed by atoms with E-state index in [4.69, 9.17) is 16.3 Å². The predicted molar refractivity (Wildman–Crippen MR) is 83.1 cm³/mol. The number of hydrogen-bond donors (Lipinski definition) is 0. The van der Waals surface area contributed by atoms with Gasteiger partial charge in [-0.15, -0.1) is 11.3 Å². The fourth-order valence-corrected chi connectivity index (χ4v) is 3.16. The number of Topliss-reactive ketones (excluding diaryl/α,β-unsaturated/α-hetero) is 1. The Morgan fingerprint density at radius 1 is 1.44 bits per heavy atom. The highest BCUT2D eigenvalue weighted by Crippen LogP contribution is 2.25. The Balaban J connectivity index is 2.23. The van der Waals surface area contributed by atoms with E-state index in [0.29, 0.717) is 17.2 Å². The molecule has 1 aromatic heterocycles. The van der Waals surface area contributed by atoms with Gasteiger partial charge >= 0.3 is 0 Å². The summed E-state index contributed by atoms with van der Waals surface area (Å²) in [6.07, 6.45) is 0.302. The maximum Gasteiger partial charge on any atom is 0.168 e. The molecule has 1 heterocycles. The Morgan fingerprint density at radius 3 is 2.83 bits per heavy atom. The molecule has 0 bridgehead atoms. The zero-order chi connectivity index (χ0) is 13.1. The third-order valence-electron chi connectivity index (χ3n) is 2.48. The average molecular weight is 393 g/mol. The van der Waals surface area contributed by atoms with Crippen LogP contribution in [0.3, 0.4) is 0 Å². The van der Waals surface area contributed by atoms with Crippen molar-refractivity contribution < 1.29 is 9.53 Å². The first-order valence-corrected chi connectivity index (χ1v) is 7.53. The van der Waals surface area contributed by atoms with Gasteiger partial charge in [0.2, 0.25) is 0 Å². The molecule has 0 aliphatic heterocycles. The standard InChI is InChI=1S/C13H10ClIO2S/c1-17-12-3-2-10(14)4-8(12)5-11(16)9-6-13(15)18-7-9/h2-4,6-7H,5H2,1H3. The van der Waals surface area contributed by atoms with Gasteiger partial charge in [0, 0.05) is 28.0 Å². The topological polar surface area (TPSA) is 26.3 Å². The van der Waals surface area contributed by atoms with E-state index in [1.165, 1.54) is 0 Å². The SMILES string of the molecule is COc1ccc(Cl)cc1CC(=O)c1csc(I)c1. The largest absolute Gasteiger partial charge is 0.496 e. The summed E-state index contributed by atoms with van der Waals surface area (Å²) in [5.41, 5.74) is 1.56. The van der Waals surface area contributed by atoms with Gasteiger partial charge in [0.1, 0.15) is 5.75 Å². The number of methoxy groups -OCH3 is 1. The summed E-state index contributed by atoms with van der Waals surface area (Å²) >= 11 is 9.71. The molecule has 0 amide bonds. The number of carbonyl (C=O) groups is 1. The van der Waals surface area contributed by atoms with E-state index < -0.39 is 0 Å². The third kappa shape index (κ3) is 3.24. The van der Waals surface area contributed by atoms with Crippen LogP contribution in [0.2, 0.25) is 5.02 Å². The molecule has 0 aliphatic rings. The maximum atomic E-state index is 12.1. The van der Waals surface area contributed by atoms with Crippen LogP contribution >= 0.6 is 45.5 Å². The van der Waals surface area contributed by atoms with E-state index in [0.717, 1.165) is 14.0 Å². The lowest BCUT2D eigenvalue weighted by molar-refractivity contribution is 0.0992. The Bertz CT molecular complexity index is 580. The van der Waals surface area contributed by atoms with Crippen molar-refractivity contribution in [2.45, 2.75) is 6.42 Å². The monoisotopic (exact) mass is 392 g/mol. The summed E-state index contributed by atoms with van der Waals surface area (Å²) in [6, 6.07) is 7.20. The molecule has 2 rings (SSSR count). The van der Waals surface area contributed by atoms with Gasteiger partial charge in [-0.05, 0) is 46.9 Å². The summed E-state index contributed by atoms with van der Waals surface area (Å²) in [7, 11) is 1.59. The van der Waals surface area contributed by atoms with E-state index in [9.17, 15) is 4.79 Å². The molecule has 0 N–H and O–H groups in total. The Kier molecular flexibility index (Phi) is 4.64. The minimum atomic E-state index is 0.0785. The van der Waals surface area contributed by atoms with Crippen molar-refractivity contribution in [3.63, 3.8) is 0 Å².